The smallest absolute Gasteiger partial charge is 0.340 e. The molecule has 0 aliphatic heterocycles. The van der Waals surface area contributed by atoms with Gasteiger partial charge in [0.1, 0.15) is 11.0 Å². The van der Waals surface area contributed by atoms with Crippen LogP contribution in [0.4, 0.5) is 0 Å². The third kappa shape index (κ3) is 1.62. The third-order valence-corrected chi connectivity index (χ3v) is 3.92. The lowest BCUT2D eigenvalue weighted by Crippen LogP contribution is -2.04. The van der Waals surface area contributed by atoms with E-state index in [1.807, 2.05) is 41.9 Å². The Labute approximate surface area is 126 Å². The Morgan fingerprint density at radius 2 is 1.86 bits per heavy atom. The standard InChI is InChI=1S/C17H13N3O2/c1-20-13-9-4-3-6-10(13)15-16(20)19-14-11(17(21)22-2)7-5-8-12(14)18-15/h3-9H,1-2H3. The molecule has 22 heavy (non-hydrogen) atoms. The lowest BCUT2D eigenvalue weighted by molar-refractivity contribution is 0.0603. The maximum absolute atomic E-state index is 11.9. The molecule has 0 amide bonds. The number of benzene rings is 2. The van der Waals surface area contributed by atoms with Gasteiger partial charge in [0, 0.05) is 12.4 Å². The molecule has 0 saturated carbocycles. The summed E-state index contributed by atoms with van der Waals surface area (Å²) in [7, 11) is 3.32. The third-order valence-electron chi connectivity index (χ3n) is 3.92. The fourth-order valence-corrected chi connectivity index (χ4v) is 2.84. The predicted molar refractivity (Wildman–Crippen MR) is 84.9 cm³/mol. The Morgan fingerprint density at radius 1 is 1.05 bits per heavy atom. The minimum absolute atomic E-state index is 0.405. The monoisotopic (exact) mass is 291 g/mol. The van der Waals surface area contributed by atoms with Gasteiger partial charge in [-0.3, -0.25) is 0 Å². The van der Waals surface area contributed by atoms with E-state index < -0.39 is 5.97 Å². The second-order valence-corrected chi connectivity index (χ2v) is 5.14. The lowest BCUT2D eigenvalue weighted by Gasteiger charge is -2.04. The van der Waals surface area contributed by atoms with Crippen molar-refractivity contribution in [1.29, 1.82) is 0 Å². The van der Waals surface area contributed by atoms with E-state index in [1.54, 1.807) is 12.1 Å². The molecular formula is C17H13N3O2. The number of ether oxygens (including phenoxy) is 1. The molecule has 0 bridgehead atoms. The summed E-state index contributed by atoms with van der Waals surface area (Å²) in [6.07, 6.45) is 0. The summed E-state index contributed by atoms with van der Waals surface area (Å²) in [5.41, 5.74) is 4.34. The van der Waals surface area contributed by atoms with Crippen LogP contribution in [-0.2, 0) is 11.8 Å². The molecule has 0 spiro atoms. The molecule has 2 aromatic heterocycles. The average Bonchev–Trinajstić information content (AvgIpc) is 2.84. The van der Waals surface area contributed by atoms with E-state index in [9.17, 15) is 4.79 Å². The van der Waals surface area contributed by atoms with Gasteiger partial charge >= 0.3 is 5.97 Å². The van der Waals surface area contributed by atoms with Crippen LogP contribution >= 0.6 is 0 Å². The minimum atomic E-state index is -0.405. The van der Waals surface area contributed by atoms with E-state index >= 15 is 0 Å². The Hall–Kier alpha value is -2.95. The molecule has 108 valence electrons. The molecule has 4 aromatic rings. The number of hydrogen-bond acceptors (Lipinski definition) is 4. The van der Waals surface area contributed by atoms with Crippen molar-refractivity contribution in [2.45, 2.75) is 0 Å². The number of hydrogen-bond donors (Lipinski definition) is 0. The summed E-state index contributed by atoms with van der Waals surface area (Å²) in [6.45, 7) is 0. The number of aromatic nitrogens is 3. The molecule has 2 aromatic carbocycles. The summed E-state index contributed by atoms with van der Waals surface area (Å²) < 4.78 is 6.82. The number of carbonyl (C=O) groups excluding carboxylic acids is 1. The maximum atomic E-state index is 11.9. The molecule has 0 aliphatic rings. The Kier molecular flexibility index (Phi) is 2.63. The number of esters is 1. The number of para-hydroxylation sites is 2. The normalized spacial score (nSPS) is 11.4. The highest BCUT2D eigenvalue weighted by atomic mass is 16.5. The van der Waals surface area contributed by atoms with Crippen molar-refractivity contribution >= 4 is 39.1 Å². The van der Waals surface area contributed by atoms with E-state index in [0.717, 1.165) is 22.1 Å². The molecular weight excluding hydrogens is 278 g/mol. The van der Waals surface area contributed by atoms with Crippen LogP contribution in [-0.4, -0.2) is 27.6 Å². The van der Waals surface area contributed by atoms with Gasteiger partial charge in [0.05, 0.1) is 23.7 Å². The number of methoxy groups -OCH3 is 1. The largest absolute Gasteiger partial charge is 0.465 e. The Morgan fingerprint density at radius 3 is 2.68 bits per heavy atom. The first kappa shape index (κ1) is 12.8. The fourth-order valence-electron chi connectivity index (χ4n) is 2.84. The van der Waals surface area contributed by atoms with Gasteiger partial charge in [-0.1, -0.05) is 24.3 Å². The topological polar surface area (TPSA) is 57.0 Å². The SMILES string of the molecule is COC(=O)c1cccc2nc3c4ccccc4n(C)c3nc12. The lowest BCUT2D eigenvalue weighted by atomic mass is 10.1. The summed E-state index contributed by atoms with van der Waals surface area (Å²) >= 11 is 0. The Bertz CT molecular complexity index is 1050. The van der Waals surface area contributed by atoms with E-state index in [0.29, 0.717) is 16.6 Å². The number of nitrogens with zero attached hydrogens (tertiary/aromatic N) is 3. The highest BCUT2D eigenvalue weighted by molar-refractivity contribution is 6.09. The second-order valence-electron chi connectivity index (χ2n) is 5.14. The highest BCUT2D eigenvalue weighted by Crippen LogP contribution is 2.28. The van der Waals surface area contributed by atoms with Gasteiger partial charge in [0.2, 0.25) is 0 Å². The summed E-state index contributed by atoms with van der Waals surface area (Å²) in [5.74, 6) is -0.405. The van der Waals surface area contributed by atoms with Crippen molar-refractivity contribution in [2.75, 3.05) is 7.11 Å². The highest BCUT2D eigenvalue weighted by Gasteiger charge is 2.16. The molecule has 0 aliphatic carbocycles. The molecule has 2 heterocycles. The van der Waals surface area contributed by atoms with Crippen LogP contribution in [0.2, 0.25) is 0 Å². The first-order chi connectivity index (χ1) is 10.7. The first-order valence-electron chi connectivity index (χ1n) is 6.93. The van der Waals surface area contributed by atoms with Gasteiger partial charge in [0.15, 0.2) is 5.65 Å². The summed E-state index contributed by atoms with van der Waals surface area (Å²) in [6, 6.07) is 13.4. The molecule has 5 nitrogen and oxygen atoms in total. The first-order valence-corrected chi connectivity index (χ1v) is 6.93. The maximum Gasteiger partial charge on any atom is 0.340 e. The molecule has 0 N–H and O–H groups in total. The zero-order valence-corrected chi connectivity index (χ0v) is 12.2. The molecule has 0 radical (unpaired) electrons. The van der Waals surface area contributed by atoms with E-state index in [1.165, 1.54) is 7.11 Å². The number of carbonyl (C=O) groups is 1. The summed E-state index contributed by atoms with van der Waals surface area (Å²) in [4.78, 5) is 21.3. The number of aryl methyl sites for hydroxylation is 1. The van der Waals surface area contributed by atoms with Gasteiger partial charge in [-0.2, -0.15) is 0 Å². The molecule has 4 rings (SSSR count). The zero-order valence-electron chi connectivity index (χ0n) is 12.2. The van der Waals surface area contributed by atoms with Gasteiger partial charge in [-0.25, -0.2) is 14.8 Å². The van der Waals surface area contributed by atoms with Crippen LogP contribution < -0.4 is 0 Å². The van der Waals surface area contributed by atoms with Gasteiger partial charge < -0.3 is 9.30 Å². The Balaban J connectivity index is 2.19. The summed E-state index contributed by atoms with van der Waals surface area (Å²) in [5, 5.41) is 1.05. The van der Waals surface area contributed by atoms with Crippen LogP contribution in [0.1, 0.15) is 10.4 Å². The van der Waals surface area contributed by atoms with E-state index in [4.69, 9.17) is 9.72 Å². The van der Waals surface area contributed by atoms with Crippen molar-refractivity contribution in [3.8, 4) is 0 Å². The second kappa shape index (κ2) is 4.53. The quantitative estimate of drug-likeness (QED) is 0.506. The fraction of sp³-hybridized carbons (Fsp3) is 0.118. The average molecular weight is 291 g/mol. The molecule has 0 atom stereocenters. The number of fused-ring (bicyclic) bond motifs is 4. The van der Waals surface area contributed by atoms with Crippen LogP contribution in [0.15, 0.2) is 42.5 Å². The predicted octanol–water partition coefficient (Wildman–Crippen LogP) is 3.06. The van der Waals surface area contributed by atoms with Crippen molar-refractivity contribution in [3.63, 3.8) is 0 Å². The van der Waals surface area contributed by atoms with Crippen LogP contribution in [0.3, 0.4) is 0 Å². The van der Waals surface area contributed by atoms with Crippen molar-refractivity contribution in [2.24, 2.45) is 7.05 Å². The zero-order chi connectivity index (χ0) is 15.3. The van der Waals surface area contributed by atoms with Gasteiger partial charge in [0.25, 0.3) is 0 Å². The molecule has 0 saturated heterocycles. The van der Waals surface area contributed by atoms with Crippen LogP contribution in [0.5, 0.6) is 0 Å². The van der Waals surface area contributed by atoms with E-state index in [-0.39, 0.29) is 0 Å². The van der Waals surface area contributed by atoms with Crippen LogP contribution in [0.25, 0.3) is 33.1 Å². The molecule has 0 unspecified atom stereocenters. The van der Waals surface area contributed by atoms with Crippen LogP contribution in [0, 0.1) is 0 Å². The minimum Gasteiger partial charge on any atom is -0.465 e. The van der Waals surface area contributed by atoms with Crippen molar-refractivity contribution < 1.29 is 9.53 Å². The molecule has 0 fully saturated rings. The van der Waals surface area contributed by atoms with Gasteiger partial charge in [-0.05, 0) is 18.2 Å². The van der Waals surface area contributed by atoms with Gasteiger partial charge in [-0.15, -0.1) is 0 Å². The van der Waals surface area contributed by atoms with Crippen molar-refractivity contribution in [1.82, 2.24) is 14.5 Å². The number of rotatable bonds is 1. The van der Waals surface area contributed by atoms with E-state index in [2.05, 4.69) is 4.98 Å². The van der Waals surface area contributed by atoms with Crippen molar-refractivity contribution in [3.05, 3.63) is 48.0 Å². The molecule has 5 heteroatoms.